The van der Waals surface area contributed by atoms with Crippen LogP contribution in [-0.2, 0) is 6.42 Å². The van der Waals surface area contributed by atoms with Gasteiger partial charge in [-0.15, -0.1) is 13.2 Å². The Morgan fingerprint density at radius 2 is 2.00 bits per heavy atom. The van der Waals surface area contributed by atoms with Gasteiger partial charge in [0.15, 0.2) is 0 Å². The summed E-state index contributed by atoms with van der Waals surface area (Å²) in [6, 6.07) is 4.34. The van der Waals surface area contributed by atoms with Gasteiger partial charge in [-0.05, 0) is 36.1 Å². The average molecular weight is 257 g/mol. The molecule has 2 aromatic rings. The van der Waals surface area contributed by atoms with Gasteiger partial charge in [0.2, 0.25) is 0 Å². The molecule has 0 amide bonds. The molecule has 0 saturated heterocycles. The Balaban J connectivity index is 2.36. The second kappa shape index (κ2) is 4.55. The largest absolute Gasteiger partial charge is 0.573 e. The van der Waals surface area contributed by atoms with Gasteiger partial charge in [0.1, 0.15) is 5.75 Å². The topological polar surface area (TPSA) is 25.0 Å². The number of hydrogen-bond acceptors (Lipinski definition) is 1. The predicted molar refractivity (Wildman–Crippen MR) is 63.5 cm³/mol. The lowest BCUT2D eigenvalue weighted by molar-refractivity contribution is -0.274. The molecule has 0 bridgehead atoms. The summed E-state index contributed by atoms with van der Waals surface area (Å²) in [7, 11) is 0. The third-order valence-electron chi connectivity index (χ3n) is 2.60. The molecule has 0 saturated carbocycles. The number of alkyl halides is 3. The molecule has 18 heavy (non-hydrogen) atoms. The molecule has 0 atom stereocenters. The van der Waals surface area contributed by atoms with Crippen molar-refractivity contribution in [1.82, 2.24) is 4.98 Å². The van der Waals surface area contributed by atoms with Crippen LogP contribution >= 0.6 is 0 Å². The zero-order chi connectivity index (χ0) is 13.3. The van der Waals surface area contributed by atoms with Crippen LogP contribution in [0.4, 0.5) is 13.2 Å². The third-order valence-corrected chi connectivity index (χ3v) is 2.60. The molecule has 0 spiro atoms. The fraction of sp³-hybridized carbons (Fsp3) is 0.385. The van der Waals surface area contributed by atoms with Crippen molar-refractivity contribution in [3.8, 4) is 5.75 Å². The maximum atomic E-state index is 12.1. The highest BCUT2D eigenvalue weighted by atomic mass is 19.4. The van der Waals surface area contributed by atoms with Crippen molar-refractivity contribution < 1.29 is 17.9 Å². The van der Waals surface area contributed by atoms with Crippen LogP contribution in [-0.4, -0.2) is 11.3 Å². The van der Waals surface area contributed by atoms with Crippen LogP contribution in [0.25, 0.3) is 10.9 Å². The van der Waals surface area contributed by atoms with Crippen LogP contribution < -0.4 is 4.74 Å². The first-order valence-corrected chi connectivity index (χ1v) is 5.71. The highest BCUT2D eigenvalue weighted by Crippen LogP contribution is 2.28. The summed E-state index contributed by atoms with van der Waals surface area (Å²) in [5.74, 6) is 0.260. The van der Waals surface area contributed by atoms with E-state index in [1.807, 2.05) is 6.20 Å². The maximum Gasteiger partial charge on any atom is 0.573 e. The number of nitrogens with one attached hydrogen (secondary N) is 1. The number of halogens is 3. The Kier molecular flexibility index (Phi) is 3.24. The van der Waals surface area contributed by atoms with E-state index in [0.29, 0.717) is 5.92 Å². The fourth-order valence-electron chi connectivity index (χ4n) is 1.96. The van der Waals surface area contributed by atoms with Crippen LogP contribution in [0.5, 0.6) is 5.75 Å². The molecular weight excluding hydrogens is 243 g/mol. The van der Waals surface area contributed by atoms with Crippen molar-refractivity contribution in [2.24, 2.45) is 5.92 Å². The minimum absolute atomic E-state index is 0.181. The average Bonchev–Trinajstić information content (AvgIpc) is 2.58. The van der Waals surface area contributed by atoms with Gasteiger partial charge in [-0.25, -0.2) is 0 Å². The fourth-order valence-corrected chi connectivity index (χ4v) is 1.96. The van der Waals surface area contributed by atoms with Gasteiger partial charge in [-0.3, -0.25) is 0 Å². The van der Waals surface area contributed by atoms with E-state index in [0.717, 1.165) is 22.9 Å². The number of aromatic nitrogens is 1. The van der Waals surface area contributed by atoms with Crippen molar-refractivity contribution in [3.05, 3.63) is 30.0 Å². The molecule has 2 rings (SSSR count). The normalized spacial score (nSPS) is 12.3. The minimum atomic E-state index is -4.65. The molecule has 98 valence electrons. The van der Waals surface area contributed by atoms with E-state index < -0.39 is 6.36 Å². The first-order chi connectivity index (χ1) is 8.35. The highest BCUT2D eigenvalue weighted by Gasteiger charge is 2.31. The van der Waals surface area contributed by atoms with E-state index in [9.17, 15) is 13.2 Å². The molecule has 0 aliphatic heterocycles. The lowest BCUT2D eigenvalue weighted by Crippen LogP contribution is -2.17. The van der Waals surface area contributed by atoms with Crippen LogP contribution in [0.2, 0.25) is 0 Å². The molecule has 0 fully saturated rings. The summed E-state index contributed by atoms with van der Waals surface area (Å²) < 4.78 is 40.4. The Labute approximate surface area is 103 Å². The molecule has 0 aliphatic rings. The van der Waals surface area contributed by atoms with E-state index in [1.54, 1.807) is 6.07 Å². The van der Waals surface area contributed by atoms with Crippen LogP contribution in [0.15, 0.2) is 24.4 Å². The Morgan fingerprint density at radius 1 is 1.28 bits per heavy atom. The maximum absolute atomic E-state index is 12.1. The van der Waals surface area contributed by atoms with Gasteiger partial charge in [0.05, 0.1) is 0 Å². The summed E-state index contributed by atoms with van der Waals surface area (Å²) in [6.45, 7) is 4.13. The van der Waals surface area contributed by atoms with E-state index in [2.05, 4.69) is 23.6 Å². The zero-order valence-corrected chi connectivity index (χ0v) is 10.1. The predicted octanol–water partition coefficient (Wildman–Crippen LogP) is 4.27. The molecule has 2 nitrogen and oxygen atoms in total. The van der Waals surface area contributed by atoms with Gasteiger partial charge in [-0.2, -0.15) is 0 Å². The number of hydrogen-bond donors (Lipinski definition) is 1. The number of benzene rings is 1. The second-order valence-electron chi connectivity index (χ2n) is 4.67. The number of H-pyrrole nitrogens is 1. The van der Waals surface area contributed by atoms with Crippen LogP contribution in [0.3, 0.4) is 0 Å². The van der Waals surface area contributed by atoms with E-state index in [4.69, 9.17) is 0 Å². The van der Waals surface area contributed by atoms with Gasteiger partial charge in [0.25, 0.3) is 0 Å². The quantitative estimate of drug-likeness (QED) is 0.872. The molecule has 1 aromatic heterocycles. The third kappa shape index (κ3) is 2.97. The summed E-state index contributed by atoms with van der Waals surface area (Å²) in [6.07, 6.45) is -2.00. The van der Waals surface area contributed by atoms with Crippen molar-refractivity contribution in [3.63, 3.8) is 0 Å². The van der Waals surface area contributed by atoms with E-state index in [1.165, 1.54) is 12.1 Å². The lowest BCUT2D eigenvalue weighted by atomic mass is 10.0. The van der Waals surface area contributed by atoms with Gasteiger partial charge < -0.3 is 9.72 Å². The molecule has 0 aliphatic carbocycles. The first kappa shape index (κ1) is 12.8. The molecule has 0 radical (unpaired) electrons. The Bertz CT molecular complexity index is 543. The van der Waals surface area contributed by atoms with Gasteiger partial charge >= 0.3 is 6.36 Å². The van der Waals surface area contributed by atoms with Crippen molar-refractivity contribution in [2.75, 3.05) is 0 Å². The zero-order valence-electron chi connectivity index (χ0n) is 10.1. The summed E-state index contributed by atoms with van der Waals surface area (Å²) in [4.78, 5) is 3.05. The SMILES string of the molecule is CC(C)Cc1c[nH]c2ccc(OC(F)(F)F)cc12. The van der Waals surface area contributed by atoms with Crippen molar-refractivity contribution in [1.29, 1.82) is 0 Å². The summed E-state index contributed by atoms with van der Waals surface area (Å²) in [5, 5.41) is 0.783. The smallest absolute Gasteiger partial charge is 0.406 e. The first-order valence-electron chi connectivity index (χ1n) is 5.71. The number of fused-ring (bicyclic) bond motifs is 1. The van der Waals surface area contributed by atoms with Gasteiger partial charge in [-0.1, -0.05) is 13.8 Å². The standard InChI is InChI=1S/C13H14F3NO/c1-8(2)5-9-7-17-12-4-3-10(6-11(9)12)18-13(14,15)16/h3-4,6-8,17H,5H2,1-2H3. The summed E-state index contributed by atoms with van der Waals surface area (Å²) in [5.41, 5.74) is 1.83. The second-order valence-corrected chi connectivity index (χ2v) is 4.67. The molecule has 1 N–H and O–H groups in total. The van der Waals surface area contributed by atoms with E-state index >= 15 is 0 Å². The summed E-state index contributed by atoms with van der Waals surface area (Å²) >= 11 is 0. The minimum Gasteiger partial charge on any atom is -0.406 e. The number of aromatic amines is 1. The Hall–Kier alpha value is -1.65. The number of ether oxygens (including phenoxy) is 1. The van der Waals surface area contributed by atoms with Crippen molar-refractivity contribution in [2.45, 2.75) is 26.6 Å². The molecule has 0 unspecified atom stereocenters. The van der Waals surface area contributed by atoms with E-state index in [-0.39, 0.29) is 5.75 Å². The molecule has 1 heterocycles. The monoisotopic (exact) mass is 257 g/mol. The molecule has 5 heteroatoms. The van der Waals surface area contributed by atoms with Gasteiger partial charge in [0, 0.05) is 17.1 Å². The lowest BCUT2D eigenvalue weighted by Gasteiger charge is -2.09. The van der Waals surface area contributed by atoms with Crippen LogP contribution in [0, 0.1) is 5.92 Å². The molecular formula is C13H14F3NO. The van der Waals surface area contributed by atoms with Crippen molar-refractivity contribution >= 4 is 10.9 Å². The van der Waals surface area contributed by atoms with Crippen LogP contribution in [0.1, 0.15) is 19.4 Å². The number of rotatable bonds is 3. The molecule has 1 aromatic carbocycles. The highest BCUT2D eigenvalue weighted by molar-refractivity contribution is 5.84. The Morgan fingerprint density at radius 3 is 2.61 bits per heavy atom.